The Morgan fingerprint density at radius 2 is 1.79 bits per heavy atom. The Bertz CT molecular complexity index is 1270. The van der Waals surface area contributed by atoms with E-state index in [0.29, 0.717) is 62.1 Å². The third kappa shape index (κ3) is 6.29. The van der Waals surface area contributed by atoms with Crippen LogP contribution in [0.25, 0.3) is 0 Å². The molecule has 5 rings (SSSR count). The second-order valence-electron chi connectivity index (χ2n) is 9.33. The molecule has 38 heavy (non-hydrogen) atoms. The molecule has 1 aromatic heterocycles. The molecule has 2 atom stereocenters. The van der Waals surface area contributed by atoms with E-state index in [1.807, 2.05) is 61.5 Å². The number of likely N-dealkylation sites (tertiary alicyclic amines) is 1. The Morgan fingerprint density at radius 3 is 2.50 bits per heavy atom. The highest BCUT2D eigenvalue weighted by molar-refractivity contribution is 7.75. The summed E-state index contributed by atoms with van der Waals surface area (Å²) in [5.41, 5.74) is 2.74. The molecule has 200 valence electrons. The molecular weight excluding hydrogens is 510 g/mol. The molecule has 2 aliphatic heterocycles. The van der Waals surface area contributed by atoms with Crippen molar-refractivity contribution in [1.82, 2.24) is 14.9 Å². The molecule has 0 aliphatic carbocycles. The Morgan fingerprint density at radius 1 is 1.08 bits per heavy atom. The van der Waals surface area contributed by atoms with Gasteiger partial charge in [0.05, 0.1) is 18.8 Å². The van der Waals surface area contributed by atoms with Crippen molar-refractivity contribution >= 4 is 17.5 Å². The van der Waals surface area contributed by atoms with Gasteiger partial charge in [-0.1, -0.05) is 42.5 Å². The predicted octanol–water partition coefficient (Wildman–Crippen LogP) is 4.42. The molecule has 2 saturated heterocycles. The summed E-state index contributed by atoms with van der Waals surface area (Å²) in [5, 5.41) is 9.71. The summed E-state index contributed by atoms with van der Waals surface area (Å²) in [6, 6.07) is 17.2. The van der Waals surface area contributed by atoms with Crippen LogP contribution in [0, 0.1) is 6.92 Å². The highest BCUT2D eigenvalue weighted by Crippen LogP contribution is 2.31. The van der Waals surface area contributed by atoms with Crippen molar-refractivity contribution in [3.63, 3.8) is 0 Å². The molecule has 0 spiro atoms. The SMILES string of the molecule is Cc1c(Oc2ccc(C3COS(=O)OC3)cc2)ncnc1O[C@H]1CCN(C(=O)O)[C@@H](Cc2ccccc2)C1. The van der Waals surface area contributed by atoms with Gasteiger partial charge in [-0.2, -0.15) is 4.21 Å². The van der Waals surface area contributed by atoms with Crippen LogP contribution in [-0.4, -0.2) is 62.2 Å². The van der Waals surface area contributed by atoms with Crippen LogP contribution in [0.2, 0.25) is 0 Å². The van der Waals surface area contributed by atoms with Crippen LogP contribution in [0.4, 0.5) is 4.79 Å². The first-order valence-electron chi connectivity index (χ1n) is 12.4. The number of carbonyl (C=O) groups is 1. The monoisotopic (exact) mass is 539 g/mol. The van der Waals surface area contributed by atoms with Gasteiger partial charge in [0.15, 0.2) is 0 Å². The Hall–Kier alpha value is -3.54. The summed E-state index contributed by atoms with van der Waals surface area (Å²) < 4.78 is 33.6. The minimum absolute atomic E-state index is 0.000741. The van der Waals surface area contributed by atoms with Crippen molar-refractivity contribution in [2.45, 2.75) is 44.2 Å². The summed E-state index contributed by atoms with van der Waals surface area (Å²) in [7, 11) is 0. The molecule has 3 heterocycles. The van der Waals surface area contributed by atoms with Gasteiger partial charge in [-0.15, -0.1) is 0 Å². The van der Waals surface area contributed by atoms with Crippen molar-refractivity contribution in [3.8, 4) is 17.5 Å². The number of piperidine rings is 1. The second-order valence-corrected chi connectivity index (χ2v) is 10.2. The van der Waals surface area contributed by atoms with Gasteiger partial charge >= 0.3 is 17.5 Å². The average Bonchev–Trinajstić information content (AvgIpc) is 2.92. The van der Waals surface area contributed by atoms with Gasteiger partial charge in [-0.05, 0) is 36.6 Å². The lowest BCUT2D eigenvalue weighted by Gasteiger charge is -2.37. The van der Waals surface area contributed by atoms with E-state index in [-0.39, 0.29) is 18.1 Å². The van der Waals surface area contributed by atoms with Crippen molar-refractivity contribution in [3.05, 3.63) is 77.6 Å². The number of carboxylic acid groups (broad SMARTS) is 1. The highest BCUT2D eigenvalue weighted by Gasteiger charge is 2.33. The summed E-state index contributed by atoms with van der Waals surface area (Å²) in [4.78, 5) is 21.9. The number of aromatic nitrogens is 2. The first-order chi connectivity index (χ1) is 18.5. The van der Waals surface area contributed by atoms with Crippen LogP contribution in [-0.2, 0) is 26.1 Å². The highest BCUT2D eigenvalue weighted by atomic mass is 32.2. The molecule has 1 N–H and O–H groups in total. The molecule has 0 saturated carbocycles. The fourth-order valence-electron chi connectivity index (χ4n) is 4.72. The molecule has 0 radical (unpaired) electrons. The number of hydrogen-bond acceptors (Lipinski definition) is 8. The van der Waals surface area contributed by atoms with Gasteiger partial charge in [0.2, 0.25) is 11.8 Å². The zero-order chi connectivity index (χ0) is 26.5. The van der Waals surface area contributed by atoms with Crippen LogP contribution in [0.5, 0.6) is 17.5 Å². The lowest BCUT2D eigenvalue weighted by molar-refractivity contribution is 0.0520. The first-order valence-corrected chi connectivity index (χ1v) is 13.4. The van der Waals surface area contributed by atoms with Crippen molar-refractivity contribution in [1.29, 1.82) is 0 Å². The van der Waals surface area contributed by atoms with Crippen molar-refractivity contribution < 1.29 is 31.9 Å². The molecule has 11 heteroatoms. The minimum atomic E-state index is -1.67. The summed E-state index contributed by atoms with van der Waals surface area (Å²) >= 11 is -1.67. The normalized spacial score (nSPS) is 23.6. The number of hydrogen-bond donors (Lipinski definition) is 1. The molecule has 0 unspecified atom stereocenters. The van der Waals surface area contributed by atoms with Gasteiger partial charge in [0, 0.05) is 31.3 Å². The maximum absolute atomic E-state index is 11.8. The summed E-state index contributed by atoms with van der Waals surface area (Å²) in [6.45, 7) is 2.89. The second kappa shape index (κ2) is 11.9. The lowest BCUT2D eigenvalue weighted by atomic mass is 9.94. The first kappa shape index (κ1) is 26.1. The lowest BCUT2D eigenvalue weighted by Crippen LogP contribution is -2.49. The number of amides is 1. The molecule has 10 nitrogen and oxygen atoms in total. The van der Waals surface area contributed by atoms with Crippen LogP contribution >= 0.6 is 0 Å². The van der Waals surface area contributed by atoms with Gasteiger partial charge < -0.3 is 19.5 Å². The third-order valence-electron chi connectivity index (χ3n) is 6.79. The van der Waals surface area contributed by atoms with Crippen LogP contribution < -0.4 is 9.47 Å². The minimum Gasteiger partial charge on any atom is -0.474 e. The van der Waals surface area contributed by atoms with Gasteiger partial charge in [-0.25, -0.2) is 14.8 Å². The van der Waals surface area contributed by atoms with E-state index in [1.54, 1.807) is 0 Å². The van der Waals surface area contributed by atoms with Gasteiger partial charge in [-0.3, -0.25) is 8.37 Å². The van der Waals surface area contributed by atoms with E-state index in [1.165, 1.54) is 11.2 Å². The Kier molecular flexibility index (Phi) is 8.16. The van der Waals surface area contributed by atoms with Crippen LogP contribution in [0.3, 0.4) is 0 Å². The topological polar surface area (TPSA) is 120 Å². The average molecular weight is 540 g/mol. The maximum Gasteiger partial charge on any atom is 0.407 e. The maximum atomic E-state index is 11.8. The molecular formula is C27H29N3O7S. The fraction of sp³-hybridized carbons (Fsp3) is 0.370. The summed E-state index contributed by atoms with van der Waals surface area (Å²) in [5.74, 6) is 1.40. The standard InChI is InChI=1S/C27H29N3O7S/c1-18-25(36-23-9-7-20(8-10-23)21-15-34-38(33)35-16-21)28-17-29-26(18)37-24-11-12-30(27(31)32)22(14-24)13-19-5-3-2-4-6-19/h2-10,17,21-22,24H,11-16H2,1H3,(H,31,32)/t21?,22-,24-,38?/m0/s1. The predicted molar refractivity (Wildman–Crippen MR) is 138 cm³/mol. The van der Waals surface area contributed by atoms with Crippen LogP contribution in [0.15, 0.2) is 60.9 Å². The molecule has 1 amide bonds. The van der Waals surface area contributed by atoms with Gasteiger partial charge in [0.1, 0.15) is 18.2 Å². The third-order valence-corrected chi connectivity index (χ3v) is 7.45. The van der Waals surface area contributed by atoms with E-state index in [9.17, 15) is 14.1 Å². The zero-order valence-corrected chi connectivity index (χ0v) is 21.7. The van der Waals surface area contributed by atoms with E-state index < -0.39 is 17.5 Å². The van der Waals surface area contributed by atoms with E-state index >= 15 is 0 Å². The van der Waals surface area contributed by atoms with Crippen LogP contribution in [0.1, 0.15) is 35.4 Å². The largest absolute Gasteiger partial charge is 0.474 e. The Labute approximate surface area is 223 Å². The number of benzene rings is 2. The number of nitrogens with zero attached hydrogens (tertiary/aromatic N) is 3. The van der Waals surface area contributed by atoms with Crippen molar-refractivity contribution in [2.24, 2.45) is 0 Å². The van der Waals surface area contributed by atoms with E-state index in [4.69, 9.17) is 17.8 Å². The van der Waals surface area contributed by atoms with E-state index in [0.717, 1.165) is 11.1 Å². The van der Waals surface area contributed by atoms with Gasteiger partial charge in [0.25, 0.3) is 0 Å². The Balaban J connectivity index is 1.24. The molecule has 2 aromatic carbocycles. The van der Waals surface area contributed by atoms with Crippen molar-refractivity contribution in [2.75, 3.05) is 19.8 Å². The zero-order valence-electron chi connectivity index (χ0n) is 20.9. The fourth-order valence-corrected chi connectivity index (χ4v) is 5.34. The molecule has 2 aliphatic rings. The van der Waals surface area contributed by atoms with E-state index in [2.05, 4.69) is 9.97 Å². The molecule has 2 fully saturated rings. The molecule has 3 aromatic rings. The molecule has 0 bridgehead atoms. The summed E-state index contributed by atoms with van der Waals surface area (Å²) in [6.07, 6.45) is 2.05. The number of rotatable bonds is 7. The number of ether oxygens (including phenoxy) is 2. The smallest absolute Gasteiger partial charge is 0.407 e. The quantitative estimate of drug-likeness (QED) is 0.465.